The third kappa shape index (κ3) is 2.91. The molecule has 7 nitrogen and oxygen atoms in total. The molecular formula is C11H10N4O3. The average Bonchev–Trinajstić information content (AvgIpc) is 2.82. The number of carbonyl (C=O) groups is 1. The van der Waals surface area contributed by atoms with Gasteiger partial charge in [-0.2, -0.15) is 0 Å². The Bertz CT molecular complexity index is 565. The van der Waals surface area contributed by atoms with Gasteiger partial charge in [-0.3, -0.25) is 20.2 Å². The van der Waals surface area contributed by atoms with Gasteiger partial charge in [0.1, 0.15) is 0 Å². The van der Waals surface area contributed by atoms with E-state index in [4.69, 9.17) is 0 Å². The molecule has 1 amide bonds. The van der Waals surface area contributed by atoms with Crippen LogP contribution in [0.4, 0.5) is 11.6 Å². The second-order valence-electron chi connectivity index (χ2n) is 3.59. The Balaban J connectivity index is 2.03. The molecule has 0 aliphatic heterocycles. The van der Waals surface area contributed by atoms with E-state index in [1.807, 2.05) is 0 Å². The highest BCUT2D eigenvalue weighted by molar-refractivity contribution is 5.90. The summed E-state index contributed by atoms with van der Waals surface area (Å²) in [6, 6.07) is 5.97. The zero-order chi connectivity index (χ0) is 13.0. The molecule has 2 aromatic rings. The van der Waals surface area contributed by atoms with Crippen LogP contribution in [0.2, 0.25) is 0 Å². The van der Waals surface area contributed by atoms with Crippen molar-refractivity contribution in [3.05, 3.63) is 52.3 Å². The van der Waals surface area contributed by atoms with E-state index in [9.17, 15) is 14.9 Å². The van der Waals surface area contributed by atoms with Crippen LogP contribution in [0.1, 0.15) is 5.56 Å². The normalized spacial score (nSPS) is 10.0. The van der Waals surface area contributed by atoms with Gasteiger partial charge in [-0.25, -0.2) is 4.98 Å². The minimum Gasteiger partial charge on any atom is -0.331 e. The van der Waals surface area contributed by atoms with Crippen molar-refractivity contribution in [3.63, 3.8) is 0 Å². The van der Waals surface area contributed by atoms with Crippen molar-refractivity contribution in [2.45, 2.75) is 6.42 Å². The van der Waals surface area contributed by atoms with Crippen molar-refractivity contribution in [1.82, 2.24) is 9.97 Å². The maximum atomic E-state index is 11.6. The molecule has 1 heterocycles. The van der Waals surface area contributed by atoms with Crippen LogP contribution in [0.5, 0.6) is 0 Å². The Morgan fingerprint density at radius 3 is 3.00 bits per heavy atom. The van der Waals surface area contributed by atoms with E-state index in [1.165, 1.54) is 18.3 Å². The smallest absolute Gasteiger partial charge is 0.269 e. The number of imidazole rings is 1. The molecule has 0 fully saturated rings. The summed E-state index contributed by atoms with van der Waals surface area (Å²) < 4.78 is 0. The van der Waals surface area contributed by atoms with Crippen LogP contribution in [0.3, 0.4) is 0 Å². The molecule has 0 radical (unpaired) electrons. The molecule has 1 aromatic carbocycles. The van der Waals surface area contributed by atoms with Crippen molar-refractivity contribution < 1.29 is 9.72 Å². The Morgan fingerprint density at radius 2 is 2.33 bits per heavy atom. The van der Waals surface area contributed by atoms with E-state index in [-0.39, 0.29) is 18.0 Å². The molecule has 0 aliphatic rings. The van der Waals surface area contributed by atoms with Gasteiger partial charge in [0.15, 0.2) is 0 Å². The Morgan fingerprint density at radius 1 is 1.50 bits per heavy atom. The first kappa shape index (κ1) is 11.8. The molecule has 18 heavy (non-hydrogen) atoms. The van der Waals surface area contributed by atoms with Gasteiger partial charge in [-0.15, -0.1) is 0 Å². The number of nitro benzene ring substituents is 1. The second kappa shape index (κ2) is 5.09. The van der Waals surface area contributed by atoms with Crippen LogP contribution >= 0.6 is 0 Å². The second-order valence-corrected chi connectivity index (χ2v) is 3.59. The number of aromatic amines is 1. The maximum absolute atomic E-state index is 11.6. The summed E-state index contributed by atoms with van der Waals surface area (Å²) in [6.07, 6.45) is 3.16. The van der Waals surface area contributed by atoms with Crippen molar-refractivity contribution in [3.8, 4) is 0 Å². The van der Waals surface area contributed by atoms with E-state index in [0.717, 1.165) is 0 Å². The predicted octanol–water partition coefficient (Wildman–Crippen LogP) is 1.50. The van der Waals surface area contributed by atoms with Gasteiger partial charge in [0.2, 0.25) is 11.9 Å². The number of amides is 1. The zero-order valence-corrected chi connectivity index (χ0v) is 9.29. The van der Waals surface area contributed by atoms with E-state index in [1.54, 1.807) is 18.3 Å². The molecule has 92 valence electrons. The highest BCUT2D eigenvalue weighted by Gasteiger charge is 2.09. The lowest BCUT2D eigenvalue weighted by atomic mass is 10.1. The van der Waals surface area contributed by atoms with Crippen LogP contribution in [-0.4, -0.2) is 20.8 Å². The summed E-state index contributed by atoms with van der Waals surface area (Å²) in [6.45, 7) is 0. The molecule has 0 aliphatic carbocycles. The SMILES string of the molecule is O=C(Cc1cccc([N+](=O)[O-])c1)Nc1ncc[nH]1. The maximum Gasteiger partial charge on any atom is 0.269 e. The summed E-state index contributed by atoms with van der Waals surface area (Å²) in [5, 5.41) is 13.1. The van der Waals surface area contributed by atoms with E-state index >= 15 is 0 Å². The van der Waals surface area contributed by atoms with Crippen LogP contribution in [0.15, 0.2) is 36.7 Å². The summed E-state index contributed by atoms with van der Waals surface area (Å²) in [5.74, 6) is 0.0656. The van der Waals surface area contributed by atoms with Crippen molar-refractivity contribution in [2.75, 3.05) is 5.32 Å². The first-order valence-corrected chi connectivity index (χ1v) is 5.18. The largest absolute Gasteiger partial charge is 0.331 e. The fourth-order valence-electron chi connectivity index (χ4n) is 1.48. The third-order valence-corrected chi connectivity index (χ3v) is 2.24. The number of nitrogens with one attached hydrogen (secondary N) is 2. The number of rotatable bonds is 4. The lowest BCUT2D eigenvalue weighted by molar-refractivity contribution is -0.384. The molecule has 7 heteroatoms. The number of carbonyl (C=O) groups excluding carboxylic acids is 1. The number of hydrogen-bond donors (Lipinski definition) is 2. The van der Waals surface area contributed by atoms with Gasteiger partial charge >= 0.3 is 0 Å². The molecule has 2 rings (SSSR count). The van der Waals surface area contributed by atoms with Crippen molar-refractivity contribution in [1.29, 1.82) is 0 Å². The lowest BCUT2D eigenvalue weighted by Crippen LogP contribution is -2.15. The van der Waals surface area contributed by atoms with E-state index < -0.39 is 4.92 Å². The number of anilines is 1. The molecule has 0 unspecified atom stereocenters. The number of aromatic nitrogens is 2. The van der Waals surface area contributed by atoms with Crippen molar-refractivity contribution >= 4 is 17.5 Å². The quantitative estimate of drug-likeness (QED) is 0.630. The van der Waals surface area contributed by atoms with Crippen LogP contribution < -0.4 is 5.32 Å². The van der Waals surface area contributed by atoms with Gasteiger partial charge in [-0.05, 0) is 5.56 Å². The minimum absolute atomic E-state index is 0.0294. The van der Waals surface area contributed by atoms with E-state index in [2.05, 4.69) is 15.3 Å². The van der Waals surface area contributed by atoms with Gasteiger partial charge in [0.05, 0.1) is 11.3 Å². The zero-order valence-electron chi connectivity index (χ0n) is 9.29. The molecular weight excluding hydrogens is 236 g/mol. The van der Waals surface area contributed by atoms with E-state index in [0.29, 0.717) is 11.5 Å². The number of nitro groups is 1. The summed E-state index contributed by atoms with van der Waals surface area (Å²) in [4.78, 5) is 28.3. The molecule has 0 atom stereocenters. The number of benzene rings is 1. The number of H-pyrrole nitrogens is 1. The lowest BCUT2D eigenvalue weighted by Gasteiger charge is -2.02. The molecule has 2 N–H and O–H groups in total. The highest BCUT2D eigenvalue weighted by Crippen LogP contribution is 2.13. The first-order chi connectivity index (χ1) is 8.65. The Hall–Kier alpha value is -2.70. The van der Waals surface area contributed by atoms with Crippen LogP contribution in [0.25, 0.3) is 0 Å². The fraction of sp³-hybridized carbons (Fsp3) is 0.0909. The highest BCUT2D eigenvalue weighted by atomic mass is 16.6. The standard InChI is InChI=1S/C11H10N4O3/c16-10(14-11-12-4-5-13-11)7-8-2-1-3-9(6-8)15(17)18/h1-6H,7H2,(H2,12,13,14,16). The van der Waals surface area contributed by atoms with Gasteiger partial charge in [-0.1, -0.05) is 12.1 Å². The predicted molar refractivity (Wildman–Crippen MR) is 64.0 cm³/mol. The first-order valence-electron chi connectivity index (χ1n) is 5.18. The molecule has 1 aromatic heterocycles. The Kier molecular flexibility index (Phi) is 3.33. The van der Waals surface area contributed by atoms with Gasteiger partial charge < -0.3 is 4.98 Å². The minimum atomic E-state index is -0.492. The summed E-state index contributed by atoms with van der Waals surface area (Å²) >= 11 is 0. The Labute approximate surface area is 102 Å². The third-order valence-electron chi connectivity index (χ3n) is 2.24. The number of non-ortho nitro benzene ring substituents is 1. The number of nitrogens with zero attached hydrogens (tertiary/aromatic N) is 2. The molecule has 0 spiro atoms. The molecule has 0 saturated carbocycles. The van der Waals surface area contributed by atoms with Gasteiger partial charge in [0, 0.05) is 24.5 Å². The summed E-state index contributed by atoms with van der Waals surface area (Å²) in [5.41, 5.74) is 0.548. The van der Waals surface area contributed by atoms with Crippen molar-refractivity contribution in [2.24, 2.45) is 0 Å². The summed E-state index contributed by atoms with van der Waals surface area (Å²) in [7, 11) is 0. The molecule has 0 bridgehead atoms. The fourth-order valence-corrected chi connectivity index (χ4v) is 1.48. The van der Waals surface area contributed by atoms with Crippen LogP contribution in [0, 0.1) is 10.1 Å². The van der Waals surface area contributed by atoms with Gasteiger partial charge in [0.25, 0.3) is 5.69 Å². The number of hydrogen-bond acceptors (Lipinski definition) is 4. The monoisotopic (exact) mass is 246 g/mol. The topological polar surface area (TPSA) is 101 Å². The molecule has 0 saturated heterocycles. The van der Waals surface area contributed by atoms with Crippen LogP contribution in [-0.2, 0) is 11.2 Å². The average molecular weight is 246 g/mol.